The number of hydrogen-bond acceptors (Lipinski definition) is 6. The molecule has 1 amide bonds. The van der Waals surface area contributed by atoms with Gasteiger partial charge in [-0.15, -0.1) is 0 Å². The van der Waals surface area contributed by atoms with E-state index >= 15 is 0 Å². The first kappa shape index (κ1) is 18.0. The number of carbonyl (C=O) groups excluding carboxylic acids is 1. The summed E-state index contributed by atoms with van der Waals surface area (Å²) in [6.07, 6.45) is 0.217. The topological polar surface area (TPSA) is 69.7 Å². The number of nitrogens with zero attached hydrogens (tertiary/aromatic N) is 1. The fraction of sp³-hybridized carbons (Fsp3) is 0.263. The molecule has 0 saturated heterocycles. The van der Waals surface area contributed by atoms with Crippen LogP contribution in [-0.2, 0) is 11.2 Å². The van der Waals surface area contributed by atoms with E-state index in [4.69, 9.17) is 14.2 Å². The fourth-order valence-electron chi connectivity index (χ4n) is 2.59. The standard InChI is InChI=1S/C19H20N2O4S/c1-4-25-14-6-5-7-16-18(14)21-19(26-16)20-17(22)11-12-8-9-13(23-2)15(10-12)24-3/h5-10H,4,11H2,1-3H3,(H,20,21,22). The van der Waals surface area contributed by atoms with Crippen LogP contribution in [0.1, 0.15) is 12.5 Å². The quantitative estimate of drug-likeness (QED) is 0.681. The van der Waals surface area contributed by atoms with E-state index in [1.165, 1.54) is 11.3 Å². The summed E-state index contributed by atoms with van der Waals surface area (Å²) >= 11 is 1.42. The van der Waals surface area contributed by atoms with E-state index in [1.54, 1.807) is 26.4 Å². The smallest absolute Gasteiger partial charge is 0.230 e. The van der Waals surface area contributed by atoms with Crippen LogP contribution >= 0.6 is 11.3 Å². The maximum absolute atomic E-state index is 12.4. The number of hydrogen-bond donors (Lipinski definition) is 1. The Bertz CT molecular complexity index is 923. The Balaban J connectivity index is 1.74. The molecule has 0 unspecified atom stereocenters. The zero-order valence-corrected chi connectivity index (χ0v) is 15.7. The Morgan fingerprint density at radius 1 is 1.12 bits per heavy atom. The molecular weight excluding hydrogens is 352 g/mol. The number of anilines is 1. The van der Waals surface area contributed by atoms with Crippen LogP contribution < -0.4 is 19.5 Å². The van der Waals surface area contributed by atoms with Crippen molar-refractivity contribution < 1.29 is 19.0 Å². The first-order chi connectivity index (χ1) is 12.6. The van der Waals surface area contributed by atoms with E-state index in [2.05, 4.69) is 10.3 Å². The van der Waals surface area contributed by atoms with Crippen LogP contribution in [0.2, 0.25) is 0 Å². The number of benzene rings is 2. The summed E-state index contributed by atoms with van der Waals surface area (Å²) in [5, 5.41) is 3.41. The lowest BCUT2D eigenvalue weighted by Crippen LogP contribution is -2.14. The summed E-state index contributed by atoms with van der Waals surface area (Å²) in [5.74, 6) is 1.81. The number of rotatable bonds is 7. The molecule has 1 aromatic heterocycles. The first-order valence-corrected chi connectivity index (χ1v) is 8.99. The van der Waals surface area contributed by atoms with Gasteiger partial charge in [0.05, 0.1) is 31.9 Å². The van der Waals surface area contributed by atoms with Gasteiger partial charge in [-0.2, -0.15) is 0 Å². The van der Waals surface area contributed by atoms with Crippen LogP contribution in [0.3, 0.4) is 0 Å². The van der Waals surface area contributed by atoms with Crippen molar-refractivity contribution in [3.05, 3.63) is 42.0 Å². The second-order valence-corrected chi connectivity index (χ2v) is 6.50. The predicted molar refractivity (Wildman–Crippen MR) is 103 cm³/mol. The number of aromatic nitrogens is 1. The molecule has 136 valence electrons. The molecule has 0 spiro atoms. The normalized spacial score (nSPS) is 10.6. The van der Waals surface area contributed by atoms with Crippen molar-refractivity contribution in [2.75, 3.05) is 26.1 Å². The molecule has 3 aromatic rings. The number of carbonyl (C=O) groups is 1. The van der Waals surface area contributed by atoms with Gasteiger partial charge in [-0.25, -0.2) is 4.98 Å². The zero-order valence-electron chi connectivity index (χ0n) is 14.9. The highest BCUT2D eigenvalue weighted by molar-refractivity contribution is 7.22. The number of para-hydroxylation sites is 1. The van der Waals surface area contributed by atoms with Gasteiger partial charge < -0.3 is 19.5 Å². The molecule has 0 bridgehead atoms. The zero-order chi connectivity index (χ0) is 18.5. The van der Waals surface area contributed by atoms with Gasteiger partial charge >= 0.3 is 0 Å². The minimum absolute atomic E-state index is 0.144. The molecule has 0 radical (unpaired) electrons. The number of ether oxygens (including phenoxy) is 3. The Labute approximate surface area is 155 Å². The van der Waals surface area contributed by atoms with E-state index in [1.807, 2.05) is 31.2 Å². The maximum Gasteiger partial charge on any atom is 0.230 e. The largest absolute Gasteiger partial charge is 0.493 e. The van der Waals surface area contributed by atoms with Crippen molar-refractivity contribution in [2.45, 2.75) is 13.3 Å². The predicted octanol–water partition coefficient (Wildman–Crippen LogP) is 3.89. The Morgan fingerprint density at radius 3 is 2.65 bits per heavy atom. The summed E-state index contributed by atoms with van der Waals surface area (Å²) in [7, 11) is 3.15. The van der Waals surface area contributed by atoms with Gasteiger partial charge in [-0.1, -0.05) is 23.5 Å². The number of methoxy groups -OCH3 is 2. The third kappa shape index (κ3) is 3.88. The fourth-order valence-corrected chi connectivity index (χ4v) is 3.49. The van der Waals surface area contributed by atoms with Crippen LogP contribution in [-0.4, -0.2) is 31.7 Å². The minimum atomic E-state index is -0.144. The Hall–Kier alpha value is -2.80. The molecule has 3 rings (SSSR count). The third-order valence-corrected chi connectivity index (χ3v) is 4.68. The number of nitrogens with one attached hydrogen (secondary N) is 1. The second-order valence-electron chi connectivity index (χ2n) is 5.47. The molecule has 0 aliphatic heterocycles. The molecule has 2 aromatic carbocycles. The first-order valence-electron chi connectivity index (χ1n) is 8.17. The molecule has 0 saturated carbocycles. The average molecular weight is 372 g/mol. The molecule has 0 aliphatic carbocycles. The van der Waals surface area contributed by atoms with Gasteiger partial charge in [0.1, 0.15) is 11.3 Å². The van der Waals surface area contributed by atoms with Gasteiger partial charge in [0.25, 0.3) is 0 Å². The molecule has 0 aliphatic rings. The minimum Gasteiger partial charge on any atom is -0.493 e. The van der Waals surface area contributed by atoms with Crippen LogP contribution in [0.25, 0.3) is 10.2 Å². The molecule has 0 atom stereocenters. The Kier molecular flexibility index (Phi) is 5.58. The van der Waals surface area contributed by atoms with E-state index in [0.717, 1.165) is 21.5 Å². The number of amides is 1. The van der Waals surface area contributed by atoms with Crippen LogP contribution in [0, 0.1) is 0 Å². The molecule has 0 fully saturated rings. The van der Waals surface area contributed by atoms with Crippen molar-refractivity contribution in [1.82, 2.24) is 4.98 Å². The summed E-state index contributed by atoms with van der Waals surface area (Å²) in [6.45, 7) is 2.49. The van der Waals surface area contributed by atoms with Gasteiger partial charge in [0.2, 0.25) is 5.91 Å². The van der Waals surface area contributed by atoms with Crippen molar-refractivity contribution in [3.8, 4) is 17.2 Å². The van der Waals surface area contributed by atoms with Crippen LogP contribution in [0.4, 0.5) is 5.13 Å². The van der Waals surface area contributed by atoms with Crippen molar-refractivity contribution in [2.24, 2.45) is 0 Å². The second kappa shape index (κ2) is 8.05. The molecule has 1 heterocycles. The summed E-state index contributed by atoms with van der Waals surface area (Å²) in [5.41, 5.74) is 1.59. The van der Waals surface area contributed by atoms with Gasteiger partial charge in [-0.05, 0) is 36.8 Å². The number of fused-ring (bicyclic) bond motifs is 1. The maximum atomic E-state index is 12.4. The lowest BCUT2D eigenvalue weighted by Gasteiger charge is -2.09. The van der Waals surface area contributed by atoms with Crippen LogP contribution in [0.5, 0.6) is 17.2 Å². The summed E-state index contributed by atoms with van der Waals surface area (Å²) in [6, 6.07) is 11.2. The lowest BCUT2D eigenvalue weighted by atomic mass is 10.1. The molecule has 26 heavy (non-hydrogen) atoms. The average Bonchev–Trinajstić information content (AvgIpc) is 3.05. The van der Waals surface area contributed by atoms with Gasteiger partial charge in [0.15, 0.2) is 16.6 Å². The van der Waals surface area contributed by atoms with Gasteiger partial charge in [-0.3, -0.25) is 4.79 Å². The van der Waals surface area contributed by atoms with Gasteiger partial charge in [0, 0.05) is 0 Å². The Morgan fingerprint density at radius 2 is 1.92 bits per heavy atom. The van der Waals surface area contributed by atoms with Crippen LogP contribution in [0.15, 0.2) is 36.4 Å². The summed E-state index contributed by atoms with van der Waals surface area (Å²) < 4.78 is 17.0. The highest BCUT2D eigenvalue weighted by Gasteiger charge is 2.13. The van der Waals surface area contributed by atoms with Crippen molar-refractivity contribution >= 4 is 32.6 Å². The van der Waals surface area contributed by atoms with E-state index in [-0.39, 0.29) is 12.3 Å². The van der Waals surface area contributed by atoms with E-state index < -0.39 is 0 Å². The van der Waals surface area contributed by atoms with E-state index in [9.17, 15) is 4.79 Å². The molecule has 6 nitrogen and oxygen atoms in total. The SMILES string of the molecule is CCOc1cccc2sc(NC(=O)Cc3ccc(OC)c(OC)c3)nc12. The highest BCUT2D eigenvalue weighted by Crippen LogP contribution is 2.32. The van der Waals surface area contributed by atoms with E-state index in [0.29, 0.717) is 23.2 Å². The lowest BCUT2D eigenvalue weighted by molar-refractivity contribution is -0.115. The third-order valence-electron chi connectivity index (χ3n) is 3.74. The molecular formula is C19H20N2O4S. The van der Waals surface area contributed by atoms with Crippen molar-refractivity contribution in [3.63, 3.8) is 0 Å². The molecule has 1 N–H and O–H groups in total. The number of thiazole rings is 1. The summed E-state index contributed by atoms with van der Waals surface area (Å²) in [4.78, 5) is 16.9. The molecule has 7 heteroatoms. The van der Waals surface area contributed by atoms with Crippen molar-refractivity contribution in [1.29, 1.82) is 0 Å². The highest BCUT2D eigenvalue weighted by atomic mass is 32.1. The monoisotopic (exact) mass is 372 g/mol.